The molecule has 0 aromatic heterocycles. The molecule has 6 unspecified atom stereocenters. The van der Waals surface area contributed by atoms with Gasteiger partial charge in [0.05, 0.1) is 18.4 Å². The topological polar surface area (TPSA) is 60.9 Å². The molecule has 4 fully saturated rings. The molecular formula is C22H36N2O3. The molecule has 3 saturated carbocycles. The van der Waals surface area contributed by atoms with Crippen molar-refractivity contribution < 1.29 is 14.7 Å². The van der Waals surface area contributed by atoms with Crippen molar-refractivity contribution in [2.45, 2.75) is 58.3 Å². The first-order valence-corrected chi connectivity index (χ1v) is 11.3. The van der Waals surface area contributed by atoms with E-state index in [0.717, 1.165) is 51.7 Å². The number of rotatable bonds is 8. The standard InChI is InChI=1S/C22H36N2O3/c1-2-9-23(10-11-25)13-17-5-3-4-6-18(17)14-24-21(26)19-15-7-8-16(12-15)20(19)22(24)27/h15-20,25H,2-14H2,1H3. The van der Waals surface area contributed by atoms with E-state index in [2.05, 4.69) is 11.8 Å². The lowest BCUT2D eigenvalue weighted by Gasteiger charge is -2.37. The predicted molar refractivity (Wildman–Crippen MR) is 104 cm³/mol. The molecular weight excluding hydrogens is 340 g/mol. The van der Waals surface area contributed by atoms with E-state index in [1.165, 1.54) is 19.3 Å². The molecule has 1 aliphatic heterocycles. The Morgan fingerprint density at radius 3 is 2.19 bits per heavy atom. The fourth-order valence-corrected chi connectivity index (χ4v) is 6.73. The van der Waals surface area contributed by atoms with Crippen LogP contribution in [0.15, 0.2) is 0 Å². The first-order chi connectivity index (χ1) is 13.1. The minimum atomic E-state index is 0.0178. The summed E-state index contributed by atoms with van der Waals surface area (Å²) in [5.74, 6) is 2.27. The molecule has 3 aliphatic carbocycles. The summed E-state index contributed by atoms with van der Waals surface area (Å²) in [4.78, 5) is 30.2. The summed E-state index contributed by atoms with van der Waals surface area (Å²) in [6.45, 7) is 5.76. The molecule has 1 saturated heterocycles. The molecule has 5 heteroatoms. The van der Waals surface area contributed by atoms with Crippen LogP contribution in [0.25, 0.3) is 0 Å². The van der Waals surface area contributed by atoms with Crippen LogP contribution in [0.4, 0.5) is 0 Å². The maximum Gasteiger partial charge on any atom is 0.233 e. The summed E-state index contributed by atoms with van der Waals surface area (Å²) in [5.41, 5.74) is 0. The van der Waals surface area contributed by atoms with Crippen LogP contribution in [0.2, 0.25) is 0 Å². The number of fused-ring (bicyclic) bond motifs is 5. The first-order valence-electron chi connectivity index (χ1n) is 11.3. The van der Waals surface area contributed by atoms with Crippen molar-refractivity contribution in [1.29, 1.82) is 0 Å². The van der Waals surface area contributed by atoms with Crippen molar-refractivity contribution >= 4 is 11.8 Å². The second-order valence-corrected chi connectivity index (χ2v) is 9.50. The van der Waals surface area contributed by atoms with E-state index in [-0.39, 0.29) is 30.3 Å². The van der Waals surface area contributed by atoms with Crippen molar-refractivity contribution in [3.63, 3.8) is 0 Å². The van der Waals surface area contributed by atoms with Crippen LogP contribution in [0.1, 0.15) is 58.3 Å². The Balaban J connectivity index is 1.42. The molecule has 0 aromatic rings. The number of aliphatic hydroxyl groups is 1. The monoisotopic (exact) mass is 376 g/mol. The molecule has 1 heterocycles. The number of hydrogen-bond donors (Lipinski definition) is 1. The number of carbonyl (C=O) groups excluding carboxylic acids is 2. The first kappa shape index (κ1) is 19.4. The van der Waals surface area contributed by atoms with E-state index in [9.17, 15) is 14.7 Å². The Kier molecular flexibility index (Phi) is 5.89. The molecule has 0 aromatic carbocycles. The third-order valence-electron chi connectivity index (χ3n) is 7.95. The van der Waals surface area contributed by atoms with E-state index in [1.807, 2.05) is 0 Å². The molecule has 0 radical (unpaired) electrons. The molecule has 1 N–H and O–H groups in total. The summed E-state index contributed by atoms with van der Waals surface area (Å²) in [6.07, 6.45) is 9.27. The number of likely N-dealkylation sites (tertiary alicyclic amines) is 1. The smallest absolute Gasteiger partial charge is 0.233 e. The summed E-state index contributed by atoms with van der Waals surface area (Å²) >= 11 is 0. The lowest BCUT2D eigenvalue weighted by atomic mass is 9.78. The van der Waals surface area contributed by atoms with Crippen LogP contribution in [-0.4, -0.2) is 59.5 Å². The largest absolute Gasteiger partial charge is 0.395 e. The number of amides is 2. The van der Waals surface area contributed by atoms with Crippen molar-refractivity contribution in [3.05, 3.63) is 0 Å². The van der Waals surface area contributed by atoms with Crippen LogP contribution < -0.4 is 0 Å². The molecule has 5 nitrogen and oxygen atoms in total. The number of carbonyl (C=O) groups is 2. The summed E-state index contributed by atoms with van der Waals surface area (Å²) in [6, 6.07) is 0. The van der Waals surface area contributed by atoms with Gasteiger partial charge < -0.3 is 10.0 Å². The third-order valence-corrected chi connectivity index (χ3v) is 7.95. The van der Waals surface area contributed by atoms with Gasteiger partial charge in [-0.15, -0.1) is 0 Å². The number of imide groups is 1. The fraction of sp³-hybridized carbons (Fsp3) is 0.909. The van der Waals surface area contributed by atoms with Crippen molar-refractivity contribution in [2.24, 2.45) is 35.5 Å². The van der Waals surface area contributed by atoms with Gasteiger partial charge in [-0.05, 0) is 68.7 Å². The van der Waals surface area contributed by atoms with Crippen molar-refractivity contribution in [3.8, 4) is 0 Å². The van der Waals surface area contributed by atoms with Gasteiger partial charge in [0.2, 0.25) is 11.8 Å². The molecule has 152 valence electrons. The number of aliphatic hydroxyl groups excluding tert-OH is 1. The van der Waals surface area contributed by atoms with Gasteiger partial charge in [0.15, 0.2) is 0 Å². The minimum Gasteiger partial charge on any atom is -0.395 e. The zero-order valence-electron chi connectivity index (χ0n) is 16.8. The maximum absolute atomic E-state index is 13.1. The van der Waals surface area contributed by atoms with Gasteiger partial charge in [0, 0.05) is 19.6 Å². The Hall–Kier alpha value is -0.940. The Morgan fingerprint density at radius 1 is 0.963 bits per heavy atom. The van der Waals surface area contributed by atoms with Crippen LogP contribution in [0.5, 0.6) is 0 Å². The Morgan fingerprint density at radius 2 is 1.59 bits per heavy atom. The zero-order chi connectivity index (χ0) is 19.0. The van der Waals surface area contributed by atoms with Gasteiger partial charge in [-0.2, -0.15) is 0 Å². The molecule has 2 amide bonds. The average Bonchev–Trinajstić information content (AvgIpc) is 3.33. The highest BCUT2D eigenvalue weighted by Crippen LogP contribution is 2.56. The van der Waals surface area contributed by atoms with Gasteiger partial charge in [0.1, 0.15) is 0 Å². The van der Waals surface area contributed by atoms with Crippen LogP contribution >= 0.6 is 0 Å². The van der Waals surface area contributed by atoms with E-state index < -0.39 is 0 Å². The highest BCUT2D eigenvalue weighted by atomic mass is 16.3. The van der Waals surface area contributed by atoms with E-state index in [0.29, 0.717) is 30.2 Å². The van der Waals surface area contributed by atoms with E-state index >= 15 is 0 Å². The molecule has 0 spiro atoms. The quantitative estimate of drug-likeness (QED) is 0.661. The maximum atomic E-state index is 13.1. The highest BCUT2D eigenvalue weighted by Gasteiger charge is 2.61. The normalized spacial score (nSPS) is 38.3. The van der Waals surface area contributed by atoms with Crippen LogP contribution in [-0.2, 0) is 9.59 Å². The second kappa shape index (κ2) is 8.20. The lowest BCUT2D eigenvalue weighted by Crippen LogP contribution is -2.43. The SMILES string of the molecule is CCCN(CCO)CC1CCCCC1CN1C(=O)C2C3CCC(C3)C2C1=O. The average molecular weight is 377 g/mol. The predicted octanol–water partition coefficient (Wildman–Crippen LogP) is 2.53. The van der Waals surface area contributed by atoms with E-state index in [1.54, 1.807) is 4.90 Å². The second-order valence-electron chi connectivity index (χ2n) is 9.50. The Bertz CT molecular complexity index is 532. The summed E-state index contributed by atoms with van der Waals surface area (Å²) in [5, 5.41) is 9.37. The van der Waals surface area contributed by atoms with Crippen LogP contribution in [0.3, 0.4) is 0 Å². The molecule has 6 atom stereocenters. The molecule has 27 heavy (non-hydrogen) atoms. The van der Waals surface area contributed by atoms with Crippen molar-refractivity contribution in [2.75, 3.05) is 32.8 Å². The van der Waals surface area contributed by atoms with E-state index in [4.69, 9.17) is 0 Å². The van der Waals surface area contributed by atoms with Gasteiger partial charge in [0.25, 0.3) is 0 Å². The fourth-order valence-electron chi connectivity index (χ4n) is 6.73. The molecule has 2 bridgehead atoms. The van der Waals surface area contributed by atoms with Gasteiger partial charge in [-0.3, -0.25) is 14.5 Å². The molecule has 4 aliphatic rings. The molecule has 4 rings (SSSR count). The van der Waals surface area contributed by atoms with Crippen molar-refractivity contribution in [1.82, 2.24) is 9.80 Å². The summed E-state index contributed by atoms with van der Waals surface area (Å²) < 4.78 is 0. The summed E-state index contributed by atoms with van der Waals surface area (Å²) in [7, 11) is 0. The Labute approximate surface area is 163 Å². The van der Waals surface area contributed by atoms with Gasteiger partial charge in [-0.25, -0.2) is 0 Å². The number of nitrogens with zero attached hydrogens (tertiary/aromatic N) is 2. The zero-order valence-corrected chi connectivity index (χ0v) is 16.8. The minimum absolute atomic E-state index is 0.0178. The van der Waals surface area contributed by atoms with Gasteiger partial charge in [-0.1, -0.05) is 19.8 Å². The van der Waals surface area contributed by atoms with Gasteiger partial charge >= 0.3 is 0 Å². The lowest BCUT2D eigenvalue weighted by molar-refractivity contribution is -0.142. The third kappa shape index (κ3) is 3.57. The number of hydrogen-bond acceptors (Lipinski definition) is 4. The highest BCUT2D eigenvalue weighted by molar-refractivity contribution is 6.06. The van der Waals surface area contributed by atoms with Crippen LogP contribution in [0, 0.1) is 35.5 Å².